The van der Waals surface area contributed by atoms with E-state index in [9.17, 15) is 13.6 Å². The van der Waals surface area contributed by atoms with E-state index in [-0.39, 0.29) is 17.0 Å². The van der Waals surface area contributed by atoms with Gasteiger partial charge in [0.15, 0.2) is 0 Å². The number of nitrogens with two attached hydrogens (primary N) is 1. The summed E-state index contributed by atoms with van der Waals surface area (Å²) in [4.78, 5) is 14.3. The van der Waals surface area contributed by atoms with Crippen LogP contribution in [0.25, 0.3) is 0 Å². The third kappa shape index (κ3) is 2.95. The van der Waals surface area contributed by atoms with Crippen LogP contribution in [0.5, 0.6) is 0 Å². The summed E-state index contributed by atoms with van der Waals surface area (Å²) in [5.41, 5.74) is 5.76. The van der Waals surface area contributed by atoms with E-state index >= 15 is 0 Å². The zero-order valence-electron chi connectivity index (χ0n) is 11.2. The molecule has 1 saturated heterocycles. The van der Waals surface area contributed by atoms with E-state index in [0.717, 1.165) is 6.07 Å². The molecule has 1 aliphatic rings. The third-order valence-corrected chi connectivity index (χ3v) is 4.00. The summed E-state index contributed by atoms with van der Waals surface area (Å²) in [5, 5.41) is 0. The molecule has 0 atom stereocenters. The first-order chi connectivity index (χ1) is 9.40. The molecule has 2 rings (SSSR count). The van der Waals surface area contributed by atoms with Crippen molar-refractivity contribution in [1.82, 2.24) is 4.90 Å². The second-order valence-corrected chi connectivity index (χ2v) is 5.52. The fraction of sp³-hybridized carbons (Fsp3) is 0.429. The molecule has 1 amide bonds. The highest BCUT2D eigenvalue weighted by Crippen LogP contribution is 2.21. The molecule has 108 valence electrons. The molecule has 1 aromatic rings. The summed E-state index contributed by atoms with van der Waals surface area (Å²) in [5.74, 6) is -1.75. The average molecular weight is 298 g/mol. The van der Waals surface area contributed by atoms with Crippen LogP contribution >= 0.6 is 12.2 Å². The number of piperidine rings is 1. The van der Waals surface area contributed by atoms with Crippen LogP contribution in [0.1, 0.15) is 28.8 Å². The Balaban J connectivity index is 2.13. The van der Waals surface area contributed by atoms with Gasteiger partial charge in [-0.3, -0.25) is 4.79 Å². The molecule has 0 aromatic heterocycles. The van der Waals surface area contributed by atoms with Gasteiger partial charge in [0.05, 0.1) is 10.6 Å². The van der Waals surface area contributed by atoms with Crippen molar-refractivity contribution in [2.45, 2.75) is 19.8 Å². The van der Waals surface area contributed by atoms with Crippen LogP contribution in [0.4, 0.5) is 8.78 Å². The van der Waals surface area contributed by atoms with E-state index in [2.05, 4.69) is 0 Å². The van der Waals surface area contributed by atoms with Crippen molar-refractivity contribution in [2.24, 2.45) is 11.7 Å². The maximum atomic E-state index is 13.7. The molecule has 0 spiro atoms. The van der Waals surface area contributed by atoms with Crippen LogP contribution in [0.15, 0.2) is 12.1 Å². The van der Waals surface area contributed by atoms with Crippen LogP contribution < -0.4 is 5.73 Å². The highest BCUT2D eigenvalue weighted by molar-refractivity contribution is 7.80. The molecule has 0 aliphatic carbocycles. The minimum atomic E-state index is -0.824. The molecule has 1 heterocycles. The van der Waals surface area contributed by atoms with Crippen molar-refractivity contribution in [2.75, 3.05) is 13.1 Å². The molecule has 0 bridgehead atoms. The highest BCUT2D eigenvalue weighted by Gasteiger charge is 2.26. The fourth-order valence-electron chi connectivity index (χ4n) is 2.36. The van der Waals surface area contributed by atoms with Gasteiger partial charge in [-0.05, 0) is 31.4 Å². The molecule has 3 nitrogen and oxygen atoms in total. The molecule has 0 unspecified atom stereocenters. The van der Waals surface area contributed by atoms with Crippen LogP contribution in [-0.2, 0) is 0 Å². The lowest BCUT2D eigenvalue weighted by molar-refractivity contribution is 0.0705. The maximum absolute atomic E-state index is 13.7. The zero-order chi connectivity index (χ0) is 14.9. The van der Waals surface area contributed by atoms with Crippen LogP contribution in [-0.4, -0.2) is 28.9 Å². The maximum Gasteiger partial charge on any atom is 0.256 e. The Morgan fingerprint density at radius 3 is 2.45 bits per heavy atom. The average Bonchev–Trinajstić information content (AvgIpc) is 2.42. The van der Waals surface area contributed by atoms with Gasteiger partial charge in [0, 0.05) is 25.1 Å². The van der Waals surface area contributed by atoms with E-state index < -0.39 is 17.5 Å². The van der Waals surface area contributed by atoms with Crippen molar-refractivity contribution < 1.29 is 13.6 Å². The summed E-state index contributed by atoms with van der Waals surface area (Å²) < 4.78 is 26.9. The Morgan fingerprint density at radius 1 is 1.30 bits per heavy atom. The number of thiocarbonyl (C=S) groups is 1. The van der Waals surface area contributed by atoms with Crippen molar-refractivity contribution >= 4 is 23.1 Å². The first kappa shape index (κ1) is 14.8. The van der Waals surface area contributed by atoms with Crippen LogP contribution in [0.2, 0.25) is 0 Å². The lowest BCUT2D eigenvalue weighted by Gasteiger charge is -2.31. The Bertz CT molecular complexity index is 554. The van der Waals surface area contributed by atoms with Gasteiger partial charge in [-0.15, -0.1) is 0 Å². The number of halogens is 2. The molecular weight excluding hydrogens is 282 g/mol. The van der Waals surface area contributed by atoms with Crippen molar-refractivity contribution in [3.8, 4) is 0 Å². The minimum Gasteiger partial charge on any atom is -0.393 e. The van der Waals surface area contributed by atoms with Crippen LogP contribution in [0.3, 0.4) is 0 Å². The molecule has 20 heavy (non-hydrogen) atoms. The number of amides is 1. The van der Waals surface area contributed by atoms with Crippen molar-refractivity contribution in [3.63, 3.8) is 0 Å². The number of rotatable bonds is 2. The van der Waals surface area contributed by atoms with Gasteiger partial charge < -0.3 is 10.6 Å². The minimum absolute atomic E-state index is 0.0855. The number of benzene rings is 1. The molecule has 1 aliphatic heterocycles. The van der Waals surface area contributed by atoms with Gasteiger partial charge in [-0.1, -0.05) is 12.2 Å². The smallest absolute Gasteiger partial charge is 0.256 e. The molecular formula is C14H16F2N2OS. The lowest BCUT2D eigenvalue weighted by atomic mass is 9.96. The zero-order valence-corrected chi connectivity index (χ0v) is 12.0. The Labute approximate surface area is 121 Å². The van der Waals surface area contributed by atoms with Crippen molar-refractivity contribution in [3.05, 3.63) is 34.9 Å². The molecule has 6 heteroatoms. The quantitative estimate of drug-likeness (QED) is 0.853. The third-order valence-electron chi connectivity index (χ3n) is 3.66. The lowest BCUT2D eigenvalue weighted by Crippen LogP contribution is -2.41. The Hall–Kier alpha value is -1.56. The number of hydrogen-bond donors (Lipinski definition) is 1. The van der Waals surface area contributed by atoms with E-state index in [0.29, 0.717) is 30.9 Å². The highest BCUT2D eigenvalue weighted by atomic mass is 32.1. The summed E-state index contributed by atoms with van der Waals surface area (Å²) in [6.45, 7) is 2.47. The van der Waals surface area contributed by atoms with E-state index in [1.165, 1.54) is 13.0 Å². The molecule has 2 N–H and O–H groups in total. The first-order valence-electron chi connectivity index (χ1n) is 6.44. The van der Waals surface area contributed by atoms with Gasteiger partial charge in [0.25, 0.3) is 5.91 Å². The second kappa shape index (κ2) is 5.83. The number of likely N-dealkylation sites (tertiary alicyclic amines) is 1. The Morgan fingerprint density at radius 2 is 1.90 bits per heavy atom. The van der Waals surface area contributed by atoms with Gasteiger partial charge in [-0.2, -0.15) is 0 Å². The number of carbonyl (C=O) groups is 1. The predicted octanol–water partition coefficient (Wildman–Crippen LogP) is 2.41. The predicted molar refractivity (Wildman–Crippen MR) is 76.5 cm³/mol. The normalized spacial score (nSPS) is 16.2. The molecule has 1 fully saturated rings. The fourth-order valence-corrected chi connectivity index (χ4v) is 2.59. The summed E-state index contributed by atoms with van der Waals surface area (Å²) in [6, 6.07) is 2.01. The van der Waals surface area contributed by atoms with Crippen LogP contribution in [0, 0.1) is 24.5 Å². The van der Waals surface area contributed by atoms with E-state index in [4.69, 9.17) is 18.0 Å². The molecule has 0 saturated carbocycles. The van der Waals surface area contributed by atoms with Gasteiger partial charge in [-0.25, -0.2) is 8.78 Å². The van der Waals surface area contributed by atoms with Gasteiger partial charge in [0.2, 0.25) is 0 Å². The summed E-state index contributed by atoms with van der Waals surface area (Å²) in [7, 11) is 0. The monoisotopic (exact) mass is 298 g/mol. The second-order valence-electron chi connectivity index (χ2n) is 5.05. The number of hydrogen-bond acceptors (Lipinski definition) is 2. The summed E-state index contributed by atoms with van der Waals surface area (Å²) >= 11 is 4.94. The number of nitrogens with zero attached hydrogens (tertiary/aromatic N) is 1. The van der Waals surface area contributed by atoms with Crippen molar-refractivity contribution in [1.29, 1.82) is 0 Å². The summed E-state index contributed by atoms with van der Waals surface area (Å²) in [6.07, 6.45) is 1.37. The van der Waals surface area contributed by atoms with Gasteiger partial charge in [0.1, 0.15) is 11.6 Å². The Kier molecular flexibility index (Phi) is 4.32. The molecule has 1 aromatic carbocycles. The van der Waals surface area contributed by atoms with E-state index in [1.54, 1.807) is 4.90 Å². The first-order valence-corrected chi connectivity index (χ1v) is 6.85. The van der Waals surface area contributed by atoms with Gasteiger partial charge >= 0.3 is 0 Å². The largest absolute Gasteiger partial charge is 0.393 e. The van der Waals surface area contributed by atoms with E-state index in [1.807, 2.05) is 0 Å². The number of carbonyl (C=O) groups excluding carboxylic acids is 1. The SMILES string of the molecule is Cc1cc(C(=O)N2CCC(C(N)=S)CC2)c(F)cc1F. The molecule has 0 radical (unpaired) electrons. The number of aryl methyl sites for hydroxylation is 1. The standard InChI is InChI=1S/C14H16F2N2OS/c1-8-6-10(12(16)7-11(8)15)14(19)18-4-2-9(3-5-18)13(17)20/h6-7,9H,2-5H2,1H3,(H2,17,20). The topological polar surface area (TPSA) is 46.3 Å².